The second-order valence-corrected chi connectivity index (χ2v) is 3.43. The van der Waals surface area contributed by atoms with E-state index < -0.39 is 0 Å². The zero-order valence-corrected chi connectivity index (χ0v) is 8.66. The van der Waals surface area contributed by atoms with Gasteiger partial charge >= 0.3 is 0 Å². The molecule has 0 aliphatic carbocycles. The van der Waals surface area contributed by atoms with Gasteiger partial charge in [0.2, 0.25) is 0 Å². The van der Waals surface area contributed by atoms with E-state index in [1.807, 2.05) is 18.2 Å². The first kappa shape index (κ1) is 9.87. The number of para-hydroxylation sites is 1. The molecule has 15 heavy (non-hydrogen) atoms. The minimum atomic E-state index is 0.493. The zero-order chi connectivity index (χ0) is 10.7. The Morgan fingerprint density at radius 1 is 1.20 bits per heavy atom. The maximum absolute atomic E-state index is 5.96. The monoisotopic (exact) mass is 218 g/mol. The number of hydrogen-bond acceptors (Lipinski definition) is 2. The van der Waals surface area contributed by atoms with Crippen molar-refractivity contribution in [2.45, 2.75) is 0 Å². The molecular formula is C12H9ClNO. The summed E-state index contributed by atoms with van der Waals surface area (Å²) >= 11 is 5.96. The summed E-state index contributed by atoms with van der Waals surface area (Å²) in [5, 5.41) is 0.493. The number of anilines is 1. The molecule has 0 aromatic heterocycles. The first-order valence-corrected chi connectivity index (χ1v) is 4.83. The van der Waals surface area contributed by atoms with Crippen LogP contribution >= 0.6 is 11.6 Å². The van der Waals surface area contributed by atoms with Gasteiger partial charge in [-0.15, -0.1) is 0 Å². The smallest absolute Gasteiger partial charge is 0.146 e. The van der Waals surface area contributed by atoms with Gasteiger partial charge in [-0.05, 0) is 24.3 Å². The highest BCUT2D eigenvalue weighted by Crippen LogP contribution is 2.30. The van der Waals surface area contributed by atoms with Crippen LogP contribution in [0.25, 0.3) is 0 Å². The molecule has 2 rings (SSSR count). The maximum Gasteiger partial charge on any atom is 0.146 e. The molecule has 0 aliphatic heterocycles. The minimum absolute atomic E-state index is 0.493. The van der Waals surface area contributed by atoms with E-state index in [1.54, 1.807) is 24.3 Å². The van der Waals surface area contributed by atoms with Crippen LogP contribution in [0.5, 0.6) is 11.5 Å². The second kappa shape index (κ2) is 4.24. The molecule has 0 atom stereocenters. The van der Waals surface area contributed by atoms with Gasteiger partial charge in [-0.25, -0.2) is 0 Å². The van der Waals surface area contributed by atoms with Crippen LogP contribution < -0.4 is 10.5 Å². The van der Waals surface area contributed by atoms with Gasteiger partial charge in [0.25, 0.3) is 0 Å². The van der Waals surface area contributed by atoms with Crippen LogP contribution in [0.3, 0.4) is 0 Å². The van der Waals surface area contributed by atoms with E-state index in [4.69, 9.17) is 22.1 Å². The molecule has 2 N–H and O–H groups in total. The van der Waals surface area contributed by atoms with Crippen molar-refractivity contribution in [2.75, 3.05) is 5.73 Å². The Labute approximate surface area is 93.2 Å². The Morgan fingerprint density at radius 2 is 2.07 bits per heavy atom. The molecule has 1 radical (unpaired) electrons. The van der Waals surface area contributed by atoms with E-state index >= 15 is 0 Å². The van der Waals surface area contributed by atoms with E-state index in [-0.39, 0.29) is 0 Å². The molecule has 0 bridgehead atoms. The highest BCUT2D eigenvalue weighted by atomic mass is 35.5. The summed E-state index contributed by atoms with van der Waals surface area (Å²) in [5.74, 6) is 1.21. The van der Waals surface area contributed by atoms with Gasteiger partial charge in [0.05, 0.1) is 5.02 Å². The molecule has 2 nitrogen and oxygen atoms in total. The first-order chi connectivity index (χ1) is 7.25. The number of benzene rings is 2. The van der Waals surface area contributed by atoms with E-state index in [2.05, 4.69) is 6.07 Å². The molecule has 0 amide bonds. The molecule has 0 saturated heterocycles. The highest BCUT2D eigenvalue weighted by molar-refractivity contribution is 6.32. The van der Waals surface area contributed by atoms with Crippen LogP contribution in [0.1, 0.15) is 0 Å². The van der Waals surface area contributed by atoms with Gasteiger partial charge in [0.15, 0.2) is 0 Å². The maximum atomic E-state index is 5.96. The Balaban J connectivity index is 2.25. The lowest BCUT2D eigenvalue weighted by molar-refractivity contribution is 0.482. The second-order valence-electron chi connectivity index (χ2n) is 3.02. The summed E-state index contributed by atoms with van der Waals surface area (Å²) in [6.45, 7) is 0. The number of rotatable bonds is 2. The fourth-order valence-corrected chi connectivity index (χ4v) is 1.39. The topological polar surface area (TPSA) is 35.2 Å². The van der Waals surface area contributed by atoms with E-state index in [0.29, 0.717) is 22.2 Å². The predicted molar refractivity (Wildman–Crippen MR) is 61.2 cm³/mol. The summed E-state index contributed by atoms with van der Waals surface area (Å²) in [5.41, 5.74) is 6.19. The SMILES string of the molecule is Nc1ccc(Oc2[c]cccc2)c(Cl)c1. The quantitative estimate of drug-likeness (QED) is 0.783. The molecule has 75 valence electrons. The Hall–Kier alpha value is -1.67. The van der Waals surface area contributed by atoms with Gasteiger partial charge in [0, 0.05) is 11.8 Å². The number of halogens is 1. The normalized spacial score (nSPS) is 9.93. The molecular weight excluding hydrogens is 210 g/mol. The van der Waals surface area contributed by atoms with Crippen LogP contribution in [0, 0.1) is 6.07 Å². The van der Waals surface area contributed by atoms with Crippen LogP contribution in [-0.4, -0.2) is 0 Å². The van der Waals surface area contributed by atoms with Crippen molar-refractivity contribution < 1.29 is 4.74 Å². The lowest BCUT2D eigenvalue weighted by Gasteiger charge is -2.07. The summed E-state index contributed by atoms with van der Waals surface area (Å²) in [6, 6.07) is 15.4. The molecule has 0 aliphatic rings. The van der Waals surface area contributed by atoms with Gasteiger partial charge in [0.1, 0.15) is 11.5 Å². The van der Waals surface area contributed by atoms with Crippen molar-refractivity contribution in [2.24, 2.45) is 0 Å². The lowest BCUT2D eigenvalue weighted by atomic mass is 10.3. The van der Waals surface area contributed by atoms with Crippen LogP contribution in [0.4, 0.5) is 5.69 Å². The number of hydrogen-bond donors (Lipinski definition) is 1. The molecule has 2 aromatic rings. The number of nitrogen functional groups attached to an aromatic ring is 1. The van der Waals surface area contributed by atoms with Crippen molar-refractivity contribution in [1.82, 2.24) is 0 Å². The lowest BCUT2D eigenvalue weighted by Crippen LogP contribution is -1.88. The first-order valence-electron chi connectivity index (χ1n) is 4.45. The fraction of sp³-hybridized carbons (Fsp3) is 0. The third-order valence-electron chi connectivity index (χ3n) is 1.86. The van der Waals surface area contributed by atoms with E-state index in [9.17, 15) is 0 Å². The average molecular weight is 219 g/mol. The standard InChI is InChI=1S/C12H9ClNO/c13-11-8-9(14)6-7-12(11)15-10-4-2-1-3-5-10/h1-4,6-8H,14H2. The number of ether oxygens (including phenoxy) is 1. The fourth-order valence-electron chi connectivity index (χ4n) is 1.16. The van der Waals surface area contributed by atoms with E-state index in [1.165, 1.54) is 0 Å². The van der Waals surface area contributed by atoms with Gasteiger partial charge in [-0.2, -0.15) is 0 Å². The summed E-state index contributed by atoms with van der Waals surface area (Å²) in [7, 11) is 0. The zero-order valence-electron chi connectivity index (χ0n) is 7.91. The summed E-state index contributed by atoms with van der Waals surface area (Å²) < 4.78 is 5.52. The van der Waals surface area contributed by atoms with Crippen LogP contribution in [0.2, 0.25) is 5.02 Å². The third-order valence-corrected chi connectivity index (χ3v) is 2.15. The highest BCUT2D eigenvalue weighted by Gasteiger charge is 2.02. The molecule has 2 aromatic carbocycles. The van der Waals surface area contributed by atoms with E-state index in [0.717, 1.165) is 0 Å². The van der Waals surface area contributed by atoms with Gasteiger partial charge < -0.3 is 10.5 Å². The minimum Gasteiger partial charge on any atom is -0.455 e. The molecule has 0 unspecified atom stereocenters. The molecule has 0 spiro atoms. The van der Waals surface area contributed by atoms with Crippen molar-refractivity contribution in [1.29, 1.82) is 0 Å². The average Bonchev–Trinajstić information content (AvgIpc) is 2.24. The Kier molecular flexibility index (Phi) is 2.79. The van der Waals surface area contributed by atoms with Gasteiger partial charge in [-0.3, -0.25) is 0 Å². The molecule has 0 heterocycles. The van der Waals surface area contributed by atoms with Gasteiger partial charge in [-0.1, -0.05) is 29.8 Å². The van der Waals surface area contributed by atoms with Crippen molar-refractivity contribution >= 4 is 17.3 Å². The predicted octanol–water partition coefficient (Wildman–Crippen LogP) is 3.51. The Bertz CT molecular complexity index is 456. The largest absolute Gasteiger partial charge is 0.455 e. The van der Waals surface area contributed by atoms with Crippen LogP contribution in [0.15, 0.2) is 42.5 Å². The van der Waals surface area contributed by atoms with Crippen molar-refractivity contribution in [3.05, 3.63) is 53.6 Å². The molecule has 3 heteroatoms. The third kappa shape index (κ3) is 2.42. The molecule has 0 saturated carbocycles. The number of nitrogens with two attached hydrogens (primary N) is 1. The molecule has 0 fully saturated rings. The summed E-state index contributed by atoms with van der Waals surface area (Å²) in [4.78, 5) is 0. The van der Waals surface area contributed by atoms with Crippen molar-refractivity contribution in [3.8, 4) is 11.5 Å². The van der Waals surface area contributed by atoms with Crippen molar-refractivity contribution in [3.63, 3.8) is 0 Å². The Morgan fingerprint density at radius 3 is 2.73 bits per heavy atom. The van der Waals surface area contributed by atoms with Crippen LogP contribution in [-0.2, 0) is 0 Å². The summed E-state index contributed by atoms with van der Waals surface area (Å²) in [6.07, 6.45) is 0.